The van der Waals surface area contributed by atoms with Crippen LogP contribution >= 0.6 is 12.4 Å². The van der Waals surface area contributed by atoms with Gasteiger partial charge in [-0.15, -0.1) is 12.4 Å². The Bertz CT molecular complexity index is 390. The van der Waals surface area contributed by atoms with E-state index in [0.29, 0.717) is 18.9 Å². The summed E-state index contributed by atoms with van der Waals surface area (Å²) in [5.41, 5.74) is 0. The molecule has 0 bridgehead atoms. The molecule has 0 spiro atoms. The SMILES string of the molecule is Cl.O=C(NCC1CCCN(CC2CCCCC2)C1)[C@H]1C[C@H](O)CN1. The third-order valence-electron chi connectivity index (χ3n) is 5.83. The minimum Gasteiger partial charge on any atom is -0.392 e. The van der Waals surface area contributed by atoms with Gasteiger partial charge in [-0.1, -0.05) is 19.3 Å². The molecule has 3 N–H and O–H groups in total. The summed E-state index contributed by atoms with van der Waals surface area (Å²) in [5.74, 6) is 1.55. The fourth-order valence-electron chi connectivity index (χ4n) is 4.50. The number of carbonyl (C=O) groups is 1. The third kappa shape index (κ3) is 5.87. The molecule has 6 heteroatoms. The van der Waals surface area contributed by atoms with Gasteiger partial charge in [-0.2, -0.15) is 0 Å². The highest BCUT2D eigenvalue weighted by atomic mass is 35.5. The van der Waals surface area contributed by atoms with Crippen molar-refractivity contribution < 1.29 is 9.90 Å². The summed E-state index contributed by atoms with van der Waals surface area (Å²) < 4.78 is 0. The van der Waals surface area contributed by atoms with Gasteiger partial charge in [-0.3, -0.25) is 4.79 Å². The van der Waals surface area contributed by atoms with Gasteiger partial charge in [-0.25, -0.2) is 0 Å². The van der Waals surface area contributed by atoms with Crippen LogP contribution in [-0.4, -0.2) is 60.8 Å². The number of amides is 1. The van der Waals surface area contributed by atoms with Crippen molar-refractivity contribution in [1.82, 2.24) is 15.5 Å². The number of nitrogens with one attached hydrogen (secondary N) is 2. The van der Waals surface area contributed by atoms with Gasteiger partial charge in [0.2, 0.25) is 5.91 Å². The van der Waals surface area contributed by atoms with E-state index in [1.165, 1.54) is 58.0 Å². The van der Waals surface area contributed by atoms with Crippen LogP contribution in [0.4, 0.5) is 0 Å². The van der Waals surface area contributed by atoms with Gasteiger partial charge < -0.3 is 20.6 Å². The second-order valence-electron chi connectivity index (χ2n) is 7.87. The van der Waals surface area contributed by atoms with Crippen LogP contribution in [0.25, 0.3) is 0 Å². The van der Waals surface area contributed by atoms with Crippen LogP contribution in [0.15, 0.2) is 0 Å². The Kier molecular flexibility index (Phi) is 8.28. The lowest BCUT2D eigenvalue weighted by atomic mass is 9.88. The Hall–Kier alpha value is -0.360. The van der Waals surface area contributed by atoms with Gasteiger partial charge in [0.15, 0.2) is 0 Å². The maximum absolute atomic E-state index is 12.1. The first-order valence-electron chi connectivity index (χ1n) is 9.62. The number of hydrogen-bond donors (Lipinski definition) is 3. The summed E-state index contributed by atoms with van der Waals surface area (Å²) in [5, 5.41) is 15.7. The van der Waals surface area contributed by atoms with Crippen molar-refractivity contribution >= 4 is 18.3 Å². The van der Waals surface area contributed by atoms with E-state index in [1.54, 1.807) is 0 Å². The van der Waals surface area contributed by atoms with E-state index in [4.69, 9.17) is 0 Å². The molecule has 1 unspecified atom stereocenters. The highest BCUT2D eigenvalue weighted by Crippen LogP contribution is 2.26. The molecular weight excluding hydrogens is 326 g/mol. The van der Waals surface area contributed by atoms with Gasteiger partial charge in [0, 0.05) is 26.2 Å². The van der Waals surface area contributed by atoms with Crippen LogP contribution in [0.5, 0.6) is 0 Å². The van der Waals surface area contributed by atoms with E-state index in [2.05, 4.69) is 15.5 Å². The van der Waals surface area contributed by atoms with E-state index in [9.17, 15) is 9.90 Å². The molecule has 1 amide bonds. The summed E-state index contributed by atoms with van der Waals surface area (Å²) in [6, 6.07) is -0.202. The number of aliphatic hydroxyl groups excluding tert-OH is 1. The minimum absolute atomic E-state index is 0. The van der Waals surface area contributed by atoms with Gasteiger partial charge in [0.1, 0.15) is 0 Å². The van der Waals surface area contributed by atoms with Crippen LogP contribution in [0.1, 0.15) is 51.4 Å². The predicted octanol–water partition coefficient (Wildman–Crippen LogP) is 1.54. The Morgan fingerprint density at radius 3 is 2.58 bits per heavy atom. The topological polar surface area (TPSA) is 64.6 Å². The largest absolute Gasteiger partial charge is 0.392 e. The number of likely N-dealkylation sites (tertiary alicyclic amines) is 1. The molecule has 1 saturated carbocycles. The van der Waals surface area contributed by atoms with E-state index >= 15 is 0 Å². The molecule has 0 radical (unpaired) electrons. The molecule has 3 aliphatic rings. The maximum atomic E-state index is 12.1. The van der Waals surface area contributed by atoms with Gasteiger partial charge in [0.05, 0.1) is 12.1 Å². The first-order chi connectivity index (χ1) is 11.2. The zero-order valence-electron chi connectivity index (χ0n) is 14.7. The molecule has 0 aromatic rings. The number of β-amino-alcohol motifs (C(OH)–C–C–N with tert-alkyl or cyclic N) is 1. The van der Waals surface area contributed by atoms with E-state index < -0.39 is 0 Å². The van der Waals surface area contributed by atoms with Crippen LogP contribution in [0, 0.1) is 11.8 Å². The molecule has 2 aliphatic heterocycles. The standard InChI is InChI=1S/C18H33N3O2.ClH/c22-16-9-17(19-11-16)18(23)20-10-15-7-4-8-21(13-15)12-14-5-2-1-3-6-14;/h14-17,19,22H,1-13H2,(H,20,23);1H/t15?,16-,17+;/m0./s1. The van der Waals surface area contributed by atoms with Crippen molar-refractivity contribution in [2.45, 2.75) is 63.5 Å². The van der Waals surface area contributed by atoms with Crippen LogP contribution in [-0.2, 0) is 4.79 Å². The lowest BCUT2D eigenvalue weighted by Crippen LogP contribution is -2.46. The highest BCUT2D eigenvalue weighted by molar-refractivity contribution is 5.85. The molecular formula is C18H34ClN3O2. The quantitative estimate of drug-likeness (QED) is 0.696. The number of halogens is 1. The summed E-state index contributed by atoms with van der Waals surface area (Å²) in [6.45, 7) is 4.96. The summed E-state index contributed by atoms with van der Waals surface area (Å²) in [6.07, 6.45) is 9.73. The average Bonchev–Trinajstić information content (AvgIpc) is 3.01. The molecule has 0 aromatic heterocycles. The summed E-state index contributed by atoms with van der Waals surface area (Å²) in [4.78, 5) is 14.8. The first kappa shape index (κ1) is 20.0. The second kappa shape index (κ2) is 9.95. The number of hydrogen-bond acceptors (Lipinski definition) is 4. The summed E-state index contributed by atoms with van der Waals surface area (Å²) >= 11 is 0. The molecule has 2 heterocycles. The van der Waals surface area contributed by atoms with Crippen LogP contribution in [0.3, 0.4) is 0 Å². The number of nitrogens with zero attached hydrogens (tertiary/aromatic N) is 1. The number of rotatable bonds is 5. The zero-order chi connectivity index (χ0) is 16.1. The highest BCUT2D eigenvalue weighted by Gasteiger charge is 2.29. The maximum Gasteiger partial charge on any atom is 0.237 e. The van der Waals surface area contributed by atoms with Crippen molar-refractivity contribution in [3.63, 3.8) is 0 Å². The normalized spacial score (nSPS) is 32.3. The Morgan fingerprint density at radius 2 is 1.88 bits per heavy atom. The van der Waals surface area contributed by atoms with Gasteiger partial charge >= 0.3 is 0 Å². The Balaban J connectivity index is 0.00000208. The van der Waals surface area contributed by atoms with Crippen molar-refractivity contribution in [2.75, 3.05) is 32.7 Å². The van der Waals surface area contributed by atoms with Crippen LogP contribution < -0.4 is 10.6 Å². The fraction of sp³-hybridized carbons (Fsp3) is 0.944. The lowest BCUT2D eigenvalue weighted by Gasteiger charge is -2.36. The predicted molar refractivity (Wildman–Crippen MR) is 98.4 cm³/mol. The average molecular weight is 360 g/mol. The van der Waals surface area contributed by atoms with E-state index in [-0.39, 0.29) is 30.5 Å². The van der Waals surface area contributed by atoms with Crippen molar-refractivity contribution in [3.8, 4) is 0 Å². The molecule has 24 heavy (non-hydrogen) atoms. The molecule has 3 fully saturated rings. The van der Waals surface area contributed by atoms with Gasteiger partial charge in [0.25, 0.3) is 0 Å². The number of aliphatic hydroxyl groups is 1. The fourth-order valence-corrected chi connectivity index (χ4v) is 4.50. The van der Waals surface area contributed by atoms with E-state index in [1.807, 2.05) is 0 Å². The molecule has 1 aliphatic carbocycles. The smallest absolute Gasteiger partial charge is 0.237 e. The first-order valence-corrected chi connectivity index (χ1v) is 9.62. The van der Waals surface area contributed by atoms with Gasteiger partial charge in [-0.05, 0) is 50.5 Å². The number of piperidine rings is 1. The molecule has 2 saturated heterocycles. The molecule has 3 rings (SSSR count). The molecule has 5 nitrogen and oxygen atoms in total. The monoisotopic (exact) mass is 359 g/mol. The Labute approximate surface area is 152 Å². The second-order valence-corrected chi connectivity index (χ2v) is 7.87. The molecule has 140 valence electrons. The lowest BCUT2D eigenvalue weighted by molar-refractivity contribution is -0.123. The van der Waals surface area contributed by atoms with Crippen molar-refractivity contribution in [1.29, 1.82) is 0 Å². The Morgan fingerprint density at radius 1 is 1.12 bits per heavy atom. The number of carbonyl (C=O) groups excluding carboxylic acids is 1. The minimum atomic E-state index is -0.369. The van der Waals surface area contributed by atoms with Crippen molar-refractivity contribution in [3.05, 3.63) is 0 Å². The zero-order valence-corrected chi connectivity index (χ0v) is 15.5. The third-order valence-corrected chi connectivity index (χ3v) is 5.83. The molecule has 3 atom stereocenters. The van der Waals surface area contributed by atoms with E-state index in [0.717, 1.165) is 19.0 Å². The van der Waals surface area contributed by atoms with Crippen molar-refractivity contribution in [2.24, 2.45) is 11.8 Å². The molecule has 0 aromatic carbocycles. The summed E-state index contributed by atoms with van der Waals surface area (Å²) in [7, 11) is 0. The van der Waals surface area contributed by atoms with Crippen LogP contribution in [0.2, 0.25) is 0 Å².